The molecule has 1 aromatic carbocycles. The molecule has 0 unspecified atom stereocenters. The van der Waals surface area contributed by atoms with Crippen LogP contribution in [0.1, 0.15) is 18.4 Å². The van der Waals surface area contributed by atoms with E-state index in [1.54, 1.807) is 0 Å². The Labute approximate surface area is 124 Å². The summed E-state index contributed by atoms with van der Waals surface area (Å²) in [5.41, 5.74) is -0.585. The first kappa shape index (κ1) is 15.4. The summed E-state index contributed by atoms with van der Waals surface area (Å²) < 4.78 is 32.3. The first-order valence-corrected chi connectivity index (χ1v) is 7.56. The lowest BCUT2D eigenvalue weighted by Gasteiger charge is -2.36. The Bertz CT molecular complexity index is 470. The van der Waals surface area contributed by atoms with Crippen molar-refractivity contribution in [1.29, 1.82) is 0 Å². The van der Waals surface area contributed by atoms with E-state index in [0.717, 1.165) is 12.1 Å². The molecule has 1 N–H and O–H groups in total. The number of ether oxygens (including phenoxy) is 1. The zero-order chi connectivity index (χ0) is 14.6. The third-order valence-corrected chi connectivity index (χ3v) is 4.58. The number of hydrogen-bond acceptors (Lipinski definition) is 2. The van der Waals surface area contributed by atoms with Gasteiger partial charge in [0.1, 0.15) is 11.6 Å². The van der Waals surface area contributed by atoms with Gasteiger partial charge in [0.25, 0.3) is 0 Å². The molecule has 1 aliphatic heterocycles. The van der Waals surface area contributed by atoms with Gasteiger partial charge in [-0.1, -0.05) is 22.0 Å². The SMILES string of the molecule is O=C(Cc1c(F)cccc1F)NC1(CBr)CCOCC1. The summed E-state index contributed by atoms with van der Waals surface area (Å²) in [4.78, 5) is 12.0. The van der Waals surface area contributed by atoms with Crippen molar-refractivity contribution in [3.63, 3.8) is 0 Å². The van der Waals surface area contributed by atoms with Gasteiger partial charge in [-0.3, -0.25) is 4.79 Å². The molecule has 0 spiro atoms. The molecule has 0 radical (unpaired) electrons. The van der Waals surface area contributed by atoms with Gasteiger partial charge in [-0.15, -0.1) is 0 Å². The van der Waals surface area contributed by atoms with Gasteiger partial charge in [0.2, 0.25) is 5.91 Å². The van der Waals surface area contributed by atoms with E-state index in [2.05, 4.69) is 21.2 Å². The Morgan fingerprint density at radius 3 is 2.45 bits per heavy atom. The van der Waals surface area contributed by atoms with Crippen molar-refractivity contribution in [2.24, 2.45) is 0 Å². The van der Waals surface area contributed by atoms with Crippen LogP contribution in [-0.2, 0) is 16.0 Å². The van der Waals surface area contributed by atoms with Crippen molar-refractivity contribution < 1.29 is 18.3 Å². The highest BCUT2D eigenvalue weighted by Crippen LogP contribution is 2.23. The molecule has 0 aromatic heterocycles. The second-order valence-electron chi connectivity index (χ2n) is 4.95. The topological polar surface area (TPSA) is 38.3 Å². The van der Waals surface area contributed by atoms with Crippen LogP contribution in [0.2, 0.25) is 0 Å². The van der Waals surface area contributed by atoms with Crippen LogP contribution in [0.4, 0.5) is 8.78 Å². The number of carbonyl (C=O) groups is 1. The largest absolute Gasteiger partial charge is 0.381 e. The van der Waals surface area contributed by atoms with E-state index >= 15 is 0 Å². The van der Waals surface area contributed by atoms with Gasteiger partial charge in [-0.2, -0.15) is 0 Å². The number of halogens is 3. The highest BCUT2D eigenvalue weighted by molar-refractivity contribution is 9.09. The molecule has 1 aliphatic rings. The van der Waals surface area contributed by atoms with Gasteiger partial charge in [0.05, 0.1) is 12.0 Å². The average molecular weight is 348 g/mol. The van der Waals surface area contributed by atoms with Crippen LogP contribution >= 0.6 is 15.9 Å². The molecule has 1 fully saturated rings. The molecule has 1 aromatic rings. The van der Waals surface area contributed by atoms with Crippen LogP contribution < -0.4 is 5.32 Å². The normalized spacial score (nSPS) is 17.8. The van der Waals surface area contributed by atoms with Gasteiger partial charge in [0.15, 0.2) is 0 Å². The molecular formula is C14H16BrF2NO2. The summed E-state index contributed by atoms with van der Waals surface area (Å²) in [7, 11) is 0. The van der Waals surface area contributed by atoms with E-state index in [1.165, 1.54) is 6.07 Å². The first-order valence-electron chi connectivity index (χ1n) is 6.44. The molecule has 2 rings (SSSR count). The molecule has 3 nitrogen and oxygen atoms in total. The minimum Gasteiger partial charge on any atom is -0.381 e. The van der Waals surface area contributed by atoms with E-state index in [0.29, 0.717) is 31.4 Å². The fraction of sp³-hybridized carbons (Fsp3) is 0.500. The Balaban J connectivity index is 2.05. The molecule has 20 heavy (non-hydrogen) atoms. The molecule has 1 heterocycles. The van der Waals surface area contributed by atoms with Gasteiger partial charge in [-0.25, -0.2) is 8.78 Å². The molecule has 1 amide bonds. The van der Waals surface area contributed by atoms with Crippen molar-refractivity contribution in [2.75, 3.05) is 18.5 Å². The number of hydrogen-bond donors (Lipinski definition) is 1. The van der Waals surface area contributed by atoms with Gasteiger partial charge in [-0.05, 0) is 25.0 Å². The van der Waals surface area contributed by atoms with Crippen molar-refractivity contribution in [3.8, 4) is 0 Å². The molecule has 0 bridgehead atoms. The van der Waals surface area contributed by atoms with E-state index in [9.17, 15) is 13.6 Å². The van der Waals surface area contributed by atoms with Crippen LogP contribution in [0.3, 0.4) is 0 Å². The number of alkyl halides is 1. The van der Waals surface area contributed by atoms with E-state index in [4.69, 9.17) is 4.74 Å². The highest BCUT2D eigenvalue weighted by atomic mass is 79.9. The van der Waals surface area contributed by atoms with E-state index in [1.807, 2.05) is 0 Å². The monoisotopic (exact) mass is 347 g/mol. The summed E-state index contributed by atoms with van der Waals surface area (Å²) in [6, 6.07) is 3.59. The van der Waals surface area contributed by atoms with Crippen LogP contribution in [-0.4, -0.2) is 30.0 Å². The van der Waals surface area contributed by atoms with E-state index < -0.39 is 17.2 Å². The Kier molecular flexibility index (Phi) is 5.10. The van der Waals surface area contributed by atoms with Crippen molar-refractivity contribution in [1.82, 2.24) is 5.32 Å². The lowest BCUT2D eigenvalue weighted by Crippen LogP contribution is -2.53. The molecule has 0 saturated carbocycles. The maximum atomic E-state index is 13.5. The fourth-order valence-corrected chi connectivity index (χ4v) is 2.96. The van der Waals surface area contributed by atoms with Crippen LogP contribution in [0.25, 0.3) is 0 Å². The summed E-state index contributed by atoms with van der Waals surface area (Å²) >= 11 is 3.39. The lowest BCUT2D eigenvalue weighted by atomic mass is 9.92. The molecule has 110 valence electrons. The number of rotatable bonds is 4. The van der Waals surface area contributed by atoms with Crippen LogP contribution in [0, 0.1) is 11.6 Å². The van der Waals surface area contributed by atoms with E-state index in [-0.39, 0.29) is 17.9 Å². The standard InChI is InChI=1S/C14H16BrF2NO2/c15-9-14(4-6-20-7-5-14)18-13(19)8-10-11(16)2-1-3-12(10)17/h1-3H,4-9H2,(H,18,19). The molecule has 6 heteroatoms. The number of benzene rings is 1. The summed E-state index contributed by atoms with van der Waals surface area (Å²) in [5, 5.41) is 3.48. The Hall–Kier alpha value is -1.01. The third-order valence-electron chi connectivity index (χ3n) is 3.51. The molecule has 0 atom stereocenters. The summed E-state index contributed by atoms with van der Waals surface area (Å²) in [6.45, 7) is 1.14. The highest BCUT2D eigenvalue weighted by Gasteiger charge is 2.33. The smallest absolute Gasteiger partial charge is 0.225 e. The zero-order valence-electron chi connectivity index (χ0n) is 10.9. The Morgan fingerprint density at radius 2 is 1.90 bits per heavy atom. The molecule has 0 aliphatic carbocycles. The summed E-state index contributed by atoms with van der Waals surface area (Å²) in [5.74, 6) is -1.77. The fourth-order valence-electron chi connectivity index (χ4n) is 2.26. The van der Waals surface area contributed by atoms with Gasteiger partial charge < -0.3 is 10.1 Å². The minimum absolute atomic E-state index is 0.193. The maximum Gasteiger partial charge on any atom is 0.225 e. The quantitative estimate of drug-likeness (QED) is 0.850. The number of amides is 1. The number of nitrogens with one attached hydrogen (secondary N) is 1. The van der Waals surface area contributed by atoms with Crippen LogP contribution in [0.5, 0.6) is 0 Å². The maximum absolute atomic E-state index is 13.5. The zero-order valence-corrected chi connectivity index (χ0v) is 12.5. The second-order valence-corrected chi connectivity index (χ2v) is 5.51. The molecular weight excluding hydrogens is 332 g/mol. The third kappa shape index (κ3) is 3.55. The Morgan fingerprint density at radius 1 is 1.30 bits per heavy atom. The van der Waals surface area contributed by atoms with Crippen molar-refractivity contribution in [2.45, 2.75) is 24.8 Å². The van der Waals surface area contributed by atoms with Crippen LogP contribution in [0.15, 0.2) is 18.2 Å². The van der Waals surface area contributed by atoms with Gasteiger partial charge >= 0.3 is 0 Å². The van der Waals surface area contributed by atoms with Gasteiger partial charge in [0, 0.05) is 24.1 Å². The minimum atomic E-state index is -0.694. The number of carbonyl (C=O) groups excluding carboxylic acids is 1. The molecule has 1 saturated heterocycles. The summed E-state index contributed by atoms with van der Waals surface area (Å²) in [6.07, 6.45) is 1.07. The van der Waals surface area contributed by atoms with Crippen molar-refractivity contribution in [3.05, 3.63) is 35.4 Å². The first-order chi connectivity index (χ1) is 9.56. The predicted molar refractivity (Wildman–Crippen MR) is 74.8 cm³/mol. The average Bonchev–Trinajstić information content (AvgIpc) is 2.44. The van der Waals surface area contributed by atoms with Crippen molar-refractivity contribution >= 4 is 21.8 Å². The predicted octanol–water partition coefficient (Wildman–Crippen LogP) is 2.57. The lowest BCUT2D eigenvalue weighted by molar-refractivity contribution is -0.123. The second kappa shape index (κ2) is 6.63.